The van der Waals surface area contributed by atoms with Crippen molar-refractivity contribution < 1.29 is 14.6 Å². The lowest BCUT2D eigenvalue weighted by Crippen LogP contribution is -2.19. The second-order valence-electron chi connectivity index (χ2n) is 4.39. The first-order valence-electron chi connectivity index (χ1n) is 6.35. The van der Waals surface area contributed by atoms with E-state index in [1.807, 2.05) is 24.3 Å². The van der Waals surface area contributed by atoms with Crippen LogP contribution >= 0.6 is 0 Å². The molecular weight excluding hydrogens is 270 g/mol. The lowest BCUT2D eigenvalue weighted by atomic mass is 10.1. The molecule has 0 atom stereocenters. The zero-order valence-electron chi connectivity index (χ0n) is 11.6. The molecule has 0 heterocycles. The molecule has 0 aliphatic carbocycles. The van der Waals surface area contributed by atoms with E-state index in [4.69, 9.17) is 10.5 Å². The van der Waals surface area contributed by atoms with Gasteiger partial charge in [-0.15, -0.1) is 0 Å². The minimum atomic E-state index is -0.600. The van der Waals surface area contributed by atoms with E-state index in [1.165, 1.54) is 7.11 Å². The number of nitrogens with two attached hydrogens (primary N) is 1. The predicted octanol–water partition coefficient (Wildman–Crippen LogP) is 2.50. The summed E-state index contributed by atoms with van der Waals surface area (Å²) in [7, 11) is 1.51. The number of carbonyl (C=O) groups is 1. The molecule has 2 aromatic rings. The summed E-state index contributed by atoms with van der Waals surface area (Å²) in [5.74, 6) is 0.565. The number of phenolic OH excluding ortho intramolecular Hbond substituents is 1. The fourth-order valence-electron chi connectivity index (χ4n) is 1.89. The number of primary amides is 1. The summed E-state index contributed by atoms with van der Waals surface area (Å²) >= 11 is 0. The predicted molar refractivity (Wildman–Crippen MR) is 81.6 cm³/mol. The first-order chi connectivity index (χ1) is 10.1. The average Bonchev–Trinajstić information content (AvgIpc) is 2.47. The van der Waals surface area contributed by atoms with Crippen LogP contribution in [0.4, 0.5) is 16.2 Å². The van der Waals surface area contributed by atoms with Crippen LogP contribution in [0.2, 0.25) is 0 Å². The monoisotopic (exact) mass is 287 g/mol. The number of phenols is 1. The normalized spacial score (nSPS) is 9.95. The minimum absolute atomic E-state index is 0.125. The Balaban J connectivity index is 2.01. The molecule has 0 unspecified atom stereocenters. The molecule has 2 aromatic carbocycles. The van der Waals surface area contributed by atoms with Gasteiger partial charge >= 0.3 is 6.03 Å². The van der Waals surface area contributed by atoms with E-state index in [9.17, 15) is 9.90 Å². The molecule has 0 aliphatic heterocycles. The van der Waals surface area contributed by atoms with Gasteiger partial charge < -0.3 is 26.2 Å². The van der Waals surface area contributed by atoms with Crippen LogP contribution < -0.4 is 21.1 Å². The third-order valence-corrected chi connectivity index (χ3v) is 2.94. The van der Waals surface area contributed by atoms with Crippen LogP contribution in [0, 0.1) is 0 Å². The van der Waals surface area contributed by atoms with Crippen LogP contribution in [0.25, 0.3) is 0 Å². The number of hydrogen-bond acceptors (Lipinski definition) is 4. The van der Waals surface area contributed by atoms with Crippen molar-refractivity contribution in [3.8, 4) is 11.5 Å². The average molecular weight is 287 g/mol. The molecule has 21 heavy (non-hydrogen) atoms. The topological polar surface area (TPSA) is 96.6 Å². The van der Waals surface area contributed by atoms with Crippen molar-refractivity contribution in [2.45, 2.75) is 6.54 Å². The molecule has 0 fully saturated rings. The van der Waals surface area contributed by atoms with Gasteiger partial charge in [-0.3, -0.25) is 0 Å². The number of urea groups is 1. The van der Waals surface area contributed by atoms with Crippen LogP contribution in [-0.4, -0.2) is 18.2 Å². The number of nitrogens with one attached hydrogen (secondary N) is 2. The molecule has 0 radical (unpaired) electrons. The smallest absolute Gasteiger partial charge is 0.316 e. The first kappa shape index (κ1) is 14.5. The summed E-state index contributed by atoms with van der Waals surface area (Å²) in [5.41, 5.74) is 7.24. The van der Waals surface area contributed by atoms with Gasteiger partial charge in [0.15, 0.2) is 11.5 Å². The molecule has 0 bridgehead atoms. The molecule has 110 valence electrons. The number of anilines is 2. The molecule has 0 saturated heterocycles. The highest BCUT2D eigenvalue weighted by Crippen LogP contribution is 2.29. The van der Waals surface area contributed by atoms with Crippen molar-refractivity contribution in [2.24, 2.45) is 5.73 Å². The molecule has 2 amide bonds. The number of carbonyl (C=O) groups excluding carboxylic acids is 1. The summed E-state index contributed by atoms with van der Waals surface area (Å²) in [4.78, 5) is 10.7. The Hall–Kier alpha value is -2.89. The molecular formula is C15H17N3O3. The highest BCUT2D eigenvalue weighted by Gasteiger charge is 2.06. The van der Waals surface area contributed by atoms with E-state index in [0.717, 1.165) is 11.3 Å². The number of aromatic hydroxyl groups is 1. The Morgan fingerprint density at radius 1 is 1.19 bits per heavy atom. The maximum Gasteiger partial charge on any atom is 0.316 e. The summed E-state index contributed by atoms with van der Waals surface area (Å²) in [6.45, 7) is 0.450. The maximum atomic E-state index is 10.7. The van der Waals surface area contributed by atoms with Crippen LogP contribution in [0.3, 0.4) is 0 Å². The molecule has 0 spiro atoms. The van der Waals surface area contributed by atoms with Crippen LogP contribution in [-0.2, 0) is 6.54 Å². The van der Waals surface area contributed by atoms with E-state index in [1.54, 1.807) is 18.2 Å². The lowest BCUT2D eigenvalue weighted by molar-refractivity contribution is 0.259. The number of para-hydroxylation sites is 1. The fraction of sp³-hybridized carbons (Fsp3) is 0.133. The van der Waals surface area contributed by atoms with Gasteiger partial charge in [-0.05, 0) is 30.3 Å². The van der Waals surface area contributed by atoms with Gasteiger partial charge in [-0.2, -0.15) is 0 Å². The number of hydrogen-bond donors (Lipinski definition) is 4. The molecule has 2 rings (SSSR count). The zero-order valence-corrected chi connectivity index (χ0v) is 11.6. The van der Waals surface area contributed by atoms with Gasteiger partial charge in [0.1, 0.15) is 0 Å². The third-order valence-electron chi connectivity index (χ3n) is 2.94. The zero-order chi connectivity index (χ0) is 15.2. The summed E-state index contributed by atoms with van der Waals surface area (Å²) < 4.78 is 5.06. The fourth-order valence-corrected chi connectivity index (χ4v) is 1.89. The Morgan fingerprint density at radius 2 is 1.86 bits per heavy atom. The third kappa shape index (κ3) is 3.79. The van der Waals surface area contributed by atoms with Crippen molar-refractivity contribution in [1.82, 2.24) is 0 Å². The lowest BCUT2D eigenvalue weighted by Gasteiger charge is -2.11. The number of methoxy groups -OCH3 is 1. The number of amides is 2. The second-order valence-corrected chi connectivity index (χ2v) is 4.39. The summed E-state index contributed by atoms with van der Waals surface area (Å²) in [6, 6.07) is 11.8. The molecule has 0 saturated carbocycles. The highest BCUT2D eigenvalue weighted by atomic mass is 16.5. The summed E-state index contributed by atoms with van der Waals surface area (Å²) in [6.07, 6.45) is 0. The standard InChI is InChI=1S/C15H17N3O3/c1-21-13-4-2-3-10(14(13)19)9-17-11-5-7-12(8-6-11)18-15(16)20/h2-8,17,19H,9H2,1H3,(H3,16,18,20). The number of benzene rings is 2. The Labute approximate surface area is 122 Å². The SMILES string of the molecule is COc1cccc(CNc2ccc(NC(N)=O)cc2)c1O. The van der Waals surface area contributed by atoms with Crippen LogP contribution in [0.1, 0.15) is 5.56 Å². The molecule has 6 nitrogen and oxygen atoms in total. The number of ether oxygens (including phenoxy) is 1. The van der Waals surface area contributed by atoms with E-state index >= 15 is 0 Å². The second kappa shape index (κ2) is 6.51. The van der Waals surface area contributed by atoms with E-state index in [0.29, 0.717) is 18.0 Å². The van der Waals surface area contributed by atoms with E-state index in [-0.39, 0.29) is 5.75 Å². The van der Waals surface area contributed by atoms with E-state index in [2.05, 4.69) is 10.6 Å². The largest absolute Gasteiger partial charge is 0.504 e. The molecule has 0 aromatic heterocycles. The van der Waals surface area contributed by atoms with Gasteiger partial charge in [0, 0.05) is 23.5 Å². The van der Waals surface area contributed by atoms with Crippen molar-refractivity contribution in [2.75, 3.05) is 17.7 Å². The Kier molecular flexibility index (Phi) is 4.50. The minimum Gasteiger partial charge on any atom is -0.504 e. The van der Waals surface area contributed by atoms with Crippen LogP contribution in [0.5, 0.6) is 11.5 Å². The molecule has 6 heteroatoms. The molecule has 0 aliphatic rings. The van der Waals surface area contributed by atoms with Crippen molar-refractivity contribution >= 4 is 17.4 Å². The van der Waals surface area contributed by atoms with Gasteiger partial charge in [0.2, 0.25) is 0 Å². The number of rotatable bonds is 5. The van der Waals surface area contributed by atoms with Crippen molar-refractivity contribution in [1.29, 1.82) is 0 Å². The van der Waals surface area contributed by atoms with Gasteiger partial charge in [0.05, 0.1) is 7.11 Å². The molecule has 5 N–H and O–H groups in total. The highest BCUT2D eigenvalue weighted by molar-refractivity contribution is 5.87. The Bertz CT molecular complexity index is 627. The van der Waals surface area contributed by atoms with Gasteiger partial charge in [-0.25, -0.2) is 4.79 Å². The first-order valence-corrected chi connectivity index (χ1v) is 6.35. The van der Waals surface area contributed by atoms with Crippen molar-refractivity contribution in [3.63, 3.8) is 0 Å². The van der Waals surface area contributed by atoms with Gasteiger partial charge in [0.25, 0.3) is 0 Å². The van der Waals surface area contributed by atoms with Crippen LogP contribution in [0.15, 0.2) is 42.5 Å². The quantitative estimate of drug-likeness (QED) is 0.679. The van der Waals surface area contributed by atoms with Gasteiger partial charge in [-0.1, -0.05) is 12.1 Å². The van der Waals surface area contributed by atoms with Crippen molar-refractivity contribution in [3.05, 3.63) is 48.0 Å². The summed E-state index contributed by atoms with van der Waals surface area (Å²) in [5, 5.41) is 15.6. The van der Waals surface area contributed by atoms with E-state index < -0.39 is 6.03 Å². The Morgan fingerprint density at radius 3 is 2.48 bits per heavy atom. The maximum absolute atomic E-state index is 10.7.